The van der Waals surface area contributed by atoms with Gasteiger partial charge in [0, 0.05) is 24.5 Å². The predicted octanol–water partition coefficient (Wildman–Crippen LogP) is 1.50. The van der Waals surface area contributed by atoms with Crippen LogP contribution in [-0.2, 0) is 16.6 Å². The van der Waals surface area contributed by atoms with E-state index in [-0.39, 0.29) is 11.2 Å². The maximum Gasteiger partial charge on any atom is 0.333 e. The average Bonchev–Trinajstić information content (AvgIpc) is 3.27. The third-order valence-corrected chi connectivity index (χ3v) is 5.71. The molecule has 31 heavy (non-hydrogen) atoms. The number of imidazole rings is 2. The second-order valence-electron chi connectivity index (χ2n) is 7.34. The third-order valence-electron chi connectivity index (χ3n) is 5.71. The van der Waals surface area contributed by atoms with Crippen molar-refractivity contribution in [2.45, 2.75) is 26.8 Å². The summed E-state index contributed by atoms with van der Waals surface area (Å²) in [5, 5.41) is 0. The van der Waals surface area contributed by atoms with Crippen molar-refractivity contribution >= 4 is 22.9 Å². The summed E-state index contributed by atoms with van der Waals surface area (Å²) in [6.07, 6.45) is 0. The maximum atomic E-state index is 13.4. The summed E-state index contributed by atoms with van der Waals surface area (Å²) >= 11 is 0. The molecule has 3 aromatic heterocycles. The average molecular weight is 425 g/mol. The van der Waals surface area contributed by atoms with Gasteiger partial charge in [-0.25, -0.2) is 14.2 Å². The molecule has 3 heterocycles. The number of hydrogen-bond donors (Lipinski definition) is 0. The monoisotopic (exact) mass is 425 g/mol. The SMILES string of the molecule is COC(=O)C(C)n1c(=O)c2c(nc3n(-c4cccc(OC)c4)c(C)c(C)n23)n(C)c1=O. The van der Waals surface area contributed by atoms with Gasteiger partial charge in [0.15, 0.2) is 11.2 Å². The number of esters is 1. The minimum absolute atomic E-state index is 0.218. The Kier molecular flexibility index (Phi) is 4.72. The molecule has 1 atom stereocenters. The van der Waals surface area contributed by atoms with E-state index >= 15 is 0 Å². The summed E-state index contributed by atoms with van der Waals surface area (Å²) in [4.78, 5) is 43.0. The molecule has 0 aliphatic heterocycles. The van der Waals surface area contributed by atoms with E-state index in [1.54, 1.807) is 11.5 Å². The molecule has 4 rings (SSSR count). The minimum Gasteiger partial charge on any atom is -0.497 e. The first-order valence-electron chi connectivity index (χ1n) is 9.66. The zero-order valence-electron chi connectivity index (χ0n) is 18.2. The Labute approximate surface area is 176 Å². The number of methoxy groups -OCH3 is 2. The van der Waals surface area contributed by atoms with Gasteiger partial charge < -0.3 is 9.47 Å². The van der Waals surface area contributed by atoms with Crippen molar-refractivity contribution in [3.8, 4) is 11.4 Å². The molecular formula is C21H23N5O5. The molecule has 10 nitrogen and oxygen atoms in total. The molecule has 1 unspecified atom stereocenters. The molecule has 0 saturated heterocycles. The molecule has 0 aliphatic carbocycles. The molecule has 0 amide bonds. The second-order valence-corrected chi connectivity index (χ2v) is 7.34. The van der Waals surface area contributed by atoms with E-state index < -0.39 is 23.3 Å². The Morgan fingerprint density at radius 1 is 1.13 bits per heavy atom. The van der Waals surface area contributed by atoms with Crippen molar-refractivity contribution < 1.29 is 14.3 Å². The molecule has 10 heteroatoms. The number of fused-ring (bicyclic) bond motifs is 3. The first-order valence-corrected chi connectivity index (χ1v) is 9.66. The Bertz CT molecular complexity index is 1470. The van der Waals surface area contributed by atoms with Gasteiger partial charge in [-0.15, -0.1) is 0 Å². The highest BCUT2D eigenvalue weighted by Gasteiger charge is 2.27. The second kappa shape index (κ2) is 7.15. The molecule has 162 valence electrons. The van der Waals surface area contributed by atoms with Crippen LogP contribution in [0.1, 0.15) is 24.4 Å². The smallest absolute Gasteiger partial charge is 0.333 e. The molecular weight excluding hydrogens is 402 g/mol. The van der Waals surface area contributed by atoms with Gasteiger partial charge in [-0.05, 0) is 32.9 Å². The van der Waals surface area contributed by atoms with E-state index in [9.17, 15) is 14.4 Å². The van der Waals surface area contributed by atoms with Crippen molar-refractivity contribution in [2.75, 3.05) is 14.2 Å². The van der Waals surface area contributed by atoms with E-state index in [1.807, 2.05) is 42.7 Å². The van der Waals surface area contributed by atoms with Crippen LogP contribution in [0.3, 0.4) is 0 Å². The van der Waals surface area contributed by atoms with E-state index in [4.69, 9.17) is 9.47 Å². The number of rotatable bonds is 4. The first-order chi connectivity index (χ1) is 14.7. The molecule has 0 aliphatic rings. The van der Waals surface area contributed by atoms with Crippen molar-refractivity contribution in [1.29, 1.82) is 0 Å². The number of carbonyl (C=O) groups is 1. The molecule has 0 bridgehead atoms. The molecule has 0 saturated carbocycles. The largest absolute Gasteiger partial charge is 0.497 e. The Morgan fingerprint density at radius 2 is 1.84 bits per heavy atom. The highest BCUT2D eigenvalue weighted by Crippen LogP contribution is 2.26. The normalized spacial score (nSPS) is 12.5. The standard InChI is InChI=1S/C21H23N5O5/c1-11-12(2)25-16-17(22-20(25)24(11)14-8-7-9-15(10-14)30-5)23(4)21(29)26(18(16)27)13(3)19(28)31-6/h7-10,13H,1-6H3. The summed E-state index contributed by atoms with van der Waals surface area (Å²) in [6, 6.07) is 6.40. The topological polar surface area (TPSA) is 102 Å². The van der Waals surface area contributed by atoms with Gasteiger partial charge >= 0.3 is 11.7 Å². The molecule has 0 radical (unpaired) electrons. The molecule has 1 aromatic carbocycles. The fourth-order valence-electron chi connectivity index (χ4n) is 3.89. The highest BCUT2D eigenvalue weighted by molar-refractivity contribution is 5.78. The maximum absolute atomic E-state index is 13.4. The summed E-state index contributed by atoms with van der Waals surface area (Å²) in [5.41, 5.74) is 1.67. The van der Waals surface area contributed by atoms with Gasteiger partial charge in [0.25, 0.3) is 5.56 Å². The van der Waals surface area contributed by atoms with Gasteiger partial charge in [0.2, 0.25) is 5.78 Å². The minimum atomic E-state index is -1.08. The molecule has 0 fully saturated rings. The van der Waals surface area contributed by atoms with Gasteiger partial charge in [-0.3, -0.25) is 18.3 Å². The van der Waals surface area contributed by atoms with Crippen LogP contribution in [0.5, 0.6) is 5.75 Å². The Balaban J connectivity index is 2.15. The summed E-state index contributed by atoms with van der Waals surface area (Å²) in [7, 11) is 4.33. The van der Waals surface area contributed by atoms with E-state index in [0.717, 1.165) is 21.6 Å². The van der Waals surface area contributed by atoms with Crippen LogP contribution in [-0.4, -0.2) is 43.3 Å². The molecule has 0 N–H and O–H groups in total. The zero-order chi connectivity index (χ0) is 22.6. The summed E-state index contributed by atoms with van der Waals surface area (Å²) in [5.74, 6) is 0.481. The van der Waals surface area contributed by atoms with Crippen molar-refractivity contribution in [2.24, 2.45) is 7.05 Å². The highest BCUT2D eigenvalue weighted by atomic mass is 16.5. The number of hydrogen-bond acceptors (Lipinski definition) is 6. The number of ether oxygens (including phenoxy) is 2. The third kappa shape index (κ3) is 2.78. The van der Waals surface area contributed by atoms with Crippen LogP contribution in [0.4, 0.5) is 0 Å². The van der Waals surface area contributed by atoms with Gasteiger partial charge in [-0.2, -0.15) is 4.98 Å². The van der Waals surface area contributed by atoms with Crippen LogP contribution in [0.25, 0.3) is 22.6 Å². The lowest BCUT2D eigenvalue weighted by molar-refractivity contribution is -0.144. The summed E-state index contributed by atoms with van der Waals surface area (Å²) < 4.78 is 15.9. The van der Waals surface area contributed by atoms with E-state index in [0.29, 0.717) is 11.5 Å². The fourth-order valence-corrected chi connectivity index (χ4v) is 3.89. The van der Waals surface area contributed by atoms with Crippen LogP contribution in [0, 0.1) is 13.8 Å². The number of nitrogens with zero attached hydrogens (tertiary/aromatic N) is 5. The predicted molar refractivity (Wildman–Crippen MR) is 114 cm³/mol. The lowest BCUT2D eigenvalue weighted by Gasteiger charge is -2.13. The van der Waals surface area contributed by atoms with Crippen LogP contribution in [0.15, 0.2) is 33.9 Å². The van der Waals surface area contributed by atoms with Crippen LogP contribution in [0.2, 0.25) is 0 Å². The van der Waals surface area contributed by atoms with Crippen molar-refractivity contribution in [1.82, 2.24) is 23.1 Å². The van der Waals surface area contributed by atoms with Gasteiger partial charge in [0.1, 0.15) is 11.8 Å². The zero-order valence-corrected chi connectivity index (χ0v) is 18.2. The number of aryl methyl sites for hydroxylation is 2. The lowest BCUT2D eigenvalue weighted by Crippen LogP contribution is -2.43. The van der Waals surface area contributed by atoms with E-state index in [2.05, 4.69) is 4.98 Å². The number of aromatic nitrogens is 5. The van der Waals surface area contributed by atoms with Crippen molar-refractivity contribution in [3.05, 3.63) is 56.5 Å². The van der Waals surface area contributed by atoms with E-state index in [1.165, 1.54) is 25.6 Å². The quantitative estimate of drug-likeness (QED) is 0.459. The number of benzene rings is 1. The van der Waals surface area contributed by atoms with Crippen LogP contribution < -0.4 is 16.0 Å². The fraction of sp³-hybridized carbons (Fsp3) is 0.333. The number of carbonyl (C=O) groups excluding carboxylic acids is 1. The summed E-state index contributed by atoms with van der Waals surface area (Å²) in [6.45, 7) is 5.25. The van der Waals surface area contributed by atoms with Crippen LogP contribution >= 0.6 is 0 Å². The lowest BCUT2D eigenvalue weighted by atomic mass is 10.3. The first kappa shape index (κ1) is 20.5. The van der Waals surface area contributed by atoms with Crippen molar-refractivity contribution in [3.63, 3.8) is 0 Å². The van der Waals surface area contributed by atoms with Gasteiger partial charge in [0.05, 0.1) is 19.9 Å². The molecule has 4 aromatic rings. The van der Waals surface area contributed by atoms with Gasteiger partial charge in [-0.1, -0.05) is 6.07 Å². The Hall–Kier alpha value is -3.82. The Morgan fingerprint density at radius 3 is 2.48 bits per heavy atom. The molecule has 0 spiro atoms.